The summed E-state index contributed by atoms with van der Waals surface area (Å²) in [5.74, 6) is -0.278. The first kappa shape index (κ1) is 29.0. The van der Waals surface area contributed by atoms with Crippen LogP contribution in [0.5, 0.6) is 0 Å². The molecule has 1 aromatic carbocycles. The molecule has 1 aliphatic rings. The summed E-state index contributed by atoms with van der Waals surface area (Å²) >= 11 is 0. The number of aryl methyl sites for hydroxylation is 1. The number of imidazole rings is 1. The van der Waals surface area contributed by atoms with Crippen LogP contribution < -0.4 is 5.56 Å². The predicted octanol–water partition coefficient (Wildman–Crippen LogP) is 4.25. The molecule has 0 bridgehead atoms. The number of likely N-dealkylation sites (tertiary alicyclic amines) is 1. The molecule has 1 saturated heterocycles. The summed E-state index contributed by atoms with van der Waals surface area (Å²) in [4.78, 5) is 50.5. The minimum absolute atomic E-state index is 0.00377. The van der Waals surface area contributed by atoms with Crippen molar-refractivity contribution < 1.29 is 14.3 Å². The van der Waals surface area contributed by atoms with Crippen molar-refractivity contribution in [1.29, 1.82) is 0 Å². The maximum Gasteiger partial charge on any atom is 0.410 e. The number of nitrogens with zero attached hydrogens (tertiary/aromatic N) is 7. The maximum atomic E-state index is 13.5. The van der Waals surface area contributed by atoms with Crippen molar-refractivity contribution in [2.45, 2.75) is 58.6 Å². The van der Waals surface area contributed by atoms with Crippen LogP contribution in [0.15, 0.2) is 52.5 Å². The van der Waals surface area contributed by atoms with E-state index >= 15 is 0 Å². The second-order valence-electron chi connectivity index (χ2n) is 12.0. The number of aliphatic imine (C=N–C) groups is 1. The Morgan fingerprint density at radius 3 is 2.57 bits per heavy atom. The molecule has 11 heteroatoms. The maximum absolute atomic E-state index is 13.5. The van der Waals surface area contributed by atoms with Gasteiger partial charge in [0.05, 0.1) is 30.3 Å². The van der Waals surface area contributed by atoms with E-state index in [2.05, 4.69) is 9.98 Å². The summed E-state index contributed by atoms with van der Waals surface area (Å²) in [6.45, 7) is 8.52. The summed E-state index contributed by atoms with van der Waals surface area (Å²) < 4.78 is 8.97. The standard InChI is InChI=1S/C31H37N7O4/c1-20-18-38-28(33-20)23(17-27(39)32-19-35(5)6)16-26(34-38)22-7-8-25-21(15-22)9-14-37(29(25)40)24-10-12-36(13-11-24)30(41)42-31(2,3)4/h7-9,14-16,18-19,24H,10-13,17H2,1-6H3/b32-19+. The quantitative estimate of drug-likeness (QED) is 0.260. The van der Waals surface area contributed by atoms with Gasteiger partial charge in [0, 0.05) is 55.9 Å². The first-order valence-corrected chi connectivity index (χ1v) is 14.1. The van der Waals surface area contributed by atoms with Gasteiger partial charge < -0.3 is 19.1 Å². The largest absolute Gasteiger partial charge is 0.444 e. The fourth-order valence-electron chi connectivity index (χ4n) is 5.18. The smallest absolute Gasteiger partial charge is 0.410 e. The van der Waals surface area contributed by atoms with Gasteiger partial charge in [0.2, 0.25) is 0 Å². The van der Waals surface area contributed by atoms with E-state index in [0.29, 0.717) is 42.7 Å². The second-order valence-corrected chi connectivity index (χ2v) is 12.0. The van der Waals surface area contributed by atoms with Crippen molar-refractivity contribution in [3.05, 3.63) is 64.3 Å². The Labute approximate surface area is 244 Å². The van der Waals surface area contributed by atoms with Crippen LogP contribution in [0.25, 0.3) is 27.7 Å². The highest BCUT2D eigenvalue weighted by atomic mass is 16.6. The summed E-state index contributed by atoms with van der Waals surface area (Å²) in [6.07, 6.45) is 6.28. The van der Waals surface area contributed by atoms with Crippen LogP contribution in [0.4, 0.5) is 4.79 Å². The number of pyridine rings is 1. The first-order chi connectivity index (χ1) is 19.9. The third kappa shape index (κ3) is 6.35. The number of rotatable bonds is 5. The van der Waals surface area contributed by atoms with E-state index in [1.807, 2.05) is 70.4 Å². The van der Waals surface area contributed by atoms with Gasteiger partial charge in [0.1, 0.15) is 5.60 Å². The Bertz CT molecular complexity index is 1740. The van der Waals surface area contributed by atoms with Crippen LogP contribution >= 0.6 is 0 Å². The van der Waals surface area contributed by atoms with Gasteiger partial charge in [0.15, 0.2) is 5.65 Å². The van der Waals surface area contributed by atoms with E-state index < -0.39 is 5.60 Å². The van der Waals surface area contributed by atoms with E-state index in [9.17, 15) is 14.4 Å². The van der Waals surface area contributed by atoms with Crippen LogP contribution in [0.1, 0.15) is 50.9 Å². The lowest BCUT2D eigenvalue weighted by Gasteiger charge is -2.34. The van der Waals surface area contributed by atoms with Crippen LogP contribution in [0, 0.1) is 6.92 Å². The number of benzene rings is 1. The highest BCUT2D eigenvalue weighted by Gasteiger charge is 2.28. The molecule has 0 atom stereocenters. The van der Waals surface area contributed by atoms with Crippen LogP contribution in [0.2, 0.25) is 0 Å². The summed E-state index contributed by atoms with van der Waals surface area (Å²) in [6, 6.07) is 9.47. The number of amides is 2. The molecule has 0 N–H and O–H groups in total. The number of ether oxygens (including phenoxy) is 1. The lowest BCUT2D eigenvalue weighted by Crippen LogP contribution is -2.43. The molecule has 4 heterocycles. The van der Waals surface area contributed by atoms with Crippen molar-refractivity contribution >= 4 is 34.8 Å². The minimum atomic E-state index is -0.541. The van der Waals surface area contributed by atoms with Gasteiger partial charge in [-0.05, 0) is 70.2 Å². The number of carbonyl (C=O) groups excluding carboxylic acids is 2. The molecule has 0 radical (unpaired) electrons. The van der Waals surface area contributed by atoms with Gasteiger partial charge in [-0.2, -0.15) is 5.10 Å². The molecule has 0 aliphatic carbocycles. The zero-order valence-electron chi connectivity index (χ0n) is 25.0. The average Bonchev–Trinajstić information content (AvgIpc) is 3.31. The number of aromatic nitrogens is 4. The molecule has 220 valence electrons. The normalized spacial score (nSPS) is 14.7. The van der Waals surface area contributed by atoms with Crippen molar-refractivity contribution in [3.8, 4) is 11.3 Å². The third-order valence-electron chi connectivity index (χ3n) is 7.13. The van der Waals surface area contributed by atoms with Crippen LogP contribution in [-0.2, 0) is 16.0 Å². The van der Waals surface area contributed by atoms with Crippen LogP contribution in [-0.4, -0.2) is 80.1 Å². The molecule has 4 aromatic rings. The fourth-order valence-corrected chi connectivity index (χ4v) is 5.18. The number of hydrogen-bond donors (Lipinski definition) is 0. The molecule has 0 unspecified atom stereocenters. The van der Waals surface area contributed by atoms with Gasteiger partial charge >= 0.3 is 6.09 Å². The number of carbonyl (C=O) groups is 2. The Hall–Kier alpha value is -4.54. The molecule has 3 aromatic heterocycles. The van der Waals surface area contributed by atoms with Crippen molar-refractivity contribution in [1.82, 2.24) is 29.0 Å². The van der Waals surface area contributed by atoms with Gasteiger partial charge in [-0.15, -0.1) is 0 Å². The first-order valence-electron chi connectivity index (χ1n) is 14.1. The van der Waals surface area contributed by atoms with Gasteiger partial charge in [-0.25, -0.2) is 19.3 Å². The molecule has 0 spiro atoms. The highest BCUT2D eigenvalue weighted by Crippen LogP contribution is 2.27. The Balaban J connectivity index is 1.40. The fraction of sp³-hybridized carbons (Fsp3) is 0.419. The van der Waals surface area contributed by atoms with Crippen molar-refractivity contribution in [2.24, 2.45) is 4.99 Å². The van der Waals surface area contributed by atoms with Crippen molar-refractivity contribution in [3.63, 3.8) is 0 Å². The van der Waals surface area contributed by atoms with Crippen molar-refractivity contribution in [2.75, 3.05) is 27.2 Å². The average molecular weight is 572 g/mol. The molecule has 11 nitrogen and oxygen atoms in total. The number of hydrogen-bond acceptors (Lipinski definition) is 6. The summed E-state index contributed by atoms with van der Waals surface area (Å²) in [5, 5.41) is 6.16. The van der Waals surface area contributed by atoms with Gasteiger partial charge in [-0.1, -0.05) is 6.07 Å². The van der Waals surface area contributed by atoms with E-state index in [-0.39, 0.29) is 30.0 Å². The second kappa shape index (κ2) is 11.4. The third-order valence-corrected chi connectivity index (χ3v) is 7.13. The van der Waals surface area contributed by atoms with E-state index in [1.54, 1.807) is 33.0 Å². The molecule has 42 heavy (non-hydrogen) atoms. The SMILES string of the molecule is Cc1cn2nc(-c3ccc4c(=O)n(C5CCN(C(=O)OC(C)(C)C)CC5)ccc4c3)cc(CC(=O)/N=C/N(C)C)c2n1. The molecule has 5 rings (SSSR count). The van der Waals surface area contributed by atoms with E-state index in [1.165, 1.54) is 6.34 Å². The zero-order valence-corrected chi connectivity index (χ0v) is 25.0. The zero-order chi connectivity index (χ0) is 30.2. The topological polar surface area (TPSA) is 114 Å². The lowest BCUT2D eigenvalue weighted by atomic mass is 10.0. The predicted molar refractivity (Wildman–Crippen MR) is 162 cm³/mol. The van der Waals surface area contributed by atoms with Gasteiger partial charge in [-0.3, -0.25) is 9.59 Å². The minimum Gasteiger partial charge on any atom is -0.444 e. The highest BCUT2D eigenvalue weighted by molar-refractivity contribution is 5.88. The molecule has 1 fully saturated rings. The molecular weight excluding hydrogens is 534 g/mol. The summed E-state index contributed by atoms with van der Waals surface area (Å²) in [7, 11) is 3.61. The number of piperidine rings is 1. The Kier molecular flexibility index (Phi) is 7.85. The molecule has 1 aliphatic heterocycles. The number of fused-ring (bicyclic) bond motifs is 2. The van der Waals surface area contributed by atoms with E-state index in [0.717, 1.165) is 22.2 Å². The molecule has 2 amide bonds. The molecule has 0 saturated carbocycles. The lowest BCUT2D eigenvalue weighted by molar-refractivity contribution is -0.117. The monoisotopic (exact) mass is 571 g/mol. The van der Waals surface area contributed by atoms with Crippen LogP contribution in [0.3, 0.4) is 0 Å². The van der Waals surface area contributed by atoms with Gasteiger partial charge in [0.25, 0.3) is 11.5 Å². The van der Waals surface area contributed by atoms with E-state index in [4.69, 9.17) is 9.84 Å². The summed E-state index contributed by atoms with van der Waals surface area (Å²) in [5.41, 5.74) is 3.02. The Morgan fingerprint density at radius 1 is 1.14 bits per heavy atom. The Morgan fingerprint density at radius 2 is 1.88 bits per heavy atom. The molecular formula is C31H37N7O4.